The summed E-state index contributed by atoms with van der Waals surface area (Å²) in [5, 5.41) is 10.7. The topological polar surface area (TPSA) is 46.2 Å². The molecule has 1 atom stereocenters. The van der Waals surface area contributed by atoms with Gasteiger partial charge in [0.25, 0.3) is 0 Å². The summed E-state index contributed by atoms with van der Waals surface area (Å²) in [7, 11) is 0. The van der Waals surface area contributed by atoms with E-state index in [-0.39, 0.29) is 0 Å². The lowest BCUT2D eigenvalue weighted by molar-refractivity contribution is 0.0337. The first-order valence-corrected chi connectivity index (χ1v) is 5.22. The highest BCUT2D eigenvalue weighted by Gasteiger charge is 2.40. The number of hydrogen-bond acceptors (Lipinski definition) is 2. The van der Waals surface area contributed by atoms with E-state index in [1.807, 2.05) is 12.1 Å². The van der Waals surface area contributed by atoms with Crippen molar-refractivity contribution < 1.29 is 5.11 Å². The van der Waals surface area contributed by atoms with Gasteiger partial charge in [-0.1, -0.05) is 23.7 Å². The van der Waals surface area contributed by atoms with Crippen LogP contribution in [-0.2, 0) is 0 Å². The Morgan fingerprint density at radius 3 is 2.29 bits per heavy atom. The molecule has 1 unspecified atom stereocenters. The quantitative estimate of drug-likeness (QED) is 0.788. The van der Waals surface area contributed by atoms with Crippen molar-refractivity contribution in [1.82, 2.24) is 0 Å². The molecule has 1 aromatic carbocycles. The predicted octanol–water partition coefficient (Wildman–Crippen LogP) is 2.25. The molecule has 0 heterocycles. The van der Waals surface area contributed by atoms with Crippen LogP contribution in [0.4, 0.5) is 0 Å². The van der Waals surface area contributed by atoms with Crippen LogP contribution >= 0.6 is 11.6 Å². The van der Waals surface area contributed by atoms with Crippen LogP contribution in [-0.4, -0.2) is 10.6 Å². The van der Waals surface area contributed by atoms with Crippen LogP contribution in [0.3, 0.4) is 0 Å². The van der Waals surface area contributed by atoms with Crippen molar-refractivity contribution in [3.05, 3.63) is 34.9 Å². The lowest BCUT2D eigenvalue weighted by Crippen LogP contribution is -2.51. The van der Waals surface area contributed by atoms with Gasteiger partial charge in [0.05, 0.1) is 6.10 Å². The van der Waals surface area contributed by atoms with Gasteiger partial charge < -0.3 is 10.8 Å². The molecule has 1 aliphatic rings. The fourth-order valence-corrected chi connectivity index (χ4v) is 1.96. The second-order valence-corrected chi connectivity index (χ2v) is 4.48. The molecule has 76 valence electrons. The molecule has 3 N–H and O–H groups in total. The highest BCUT2D eigenvalue weighted by molar-refractivity contribution is 6.30. The van der Waals surface area contributed by atoms with Gasteiger partial charge in [0.2, 0.25) is 0 Å². The van der Waals surface area contributed by atoms with Gasteiger partial charge >= 0.3 is 0 Å². The predicted molar refractivity (Wildman–Crippen MR) is 57.2 cm³/mol. The second kappa shape index (κ2) is 3.54. The Kier molecular flexibility index (Phi) is 2.52. The summed E-state index contributed by atoms with van der Waals surface area (Å²) < 4.78 is 0. The molecule has 1 aliphatic carbocycles. The van der Waals surface area contributed by atoms with E-state index < -0.39 is 11.6 Å². The van der Waals surface area contributed by atoms with Crippen LogP contribution in [0.1, 0.15) is 30.9 Å². The summed E-state index contributed by atoms with van der Waals surface area (Å²) in [6.07, 6.45) is 2.35. The Labute approximate surface area is 88.7 Å². The van der Waals surface area contributed by atoms with Gasteiger partial charge in [-0.2, -0.15) is 0 Å². The summed E-state index contributed by atoms with van der Waals surface area (Å²) >= 11 is 5.77. The summed E-state index contributed by atoms with van der Waals surface area (Å²) in [6.45, 7) is 0. The molecule has 0 saturated heterocycles. The Morgan fingerprint density at radius 2 is 1.86 bits per heavy atom. The average Bonchev–Trinajstić information content (AvgIpc) is 2.14. The van der Waals surface area contributed by atoms with Crippen molar-refractivity contribution in [2.75, 3.05) is 0 Å². The molecule has 0 radical (unpaired) electrons. The Balaban J connectivity index is 2.18. The third kappa shape index (κ3) is 1.65. The number of rotatable bonds is 2. The van der Waals surface area contributed by atoms with Crippen LogP contribution in [0.25, 0.3) is 0 Å². The number of benzene rings is 1. The van der Waals surface area contributed by atoms with E-state index in [2.05, 4.69) is 0 Å². The molecule has 0 spiro atoms. The van der Waals surface area contributed by atoms with E-state index in [4.69, 9.17) is 17.3 Å². The molecule has 0 aromatic heterocycles. The number of aliphatic hydroxyl groups is 1. The maximum absolute atomic E-state index is 10.0. The highest BCUT2D eigenvalue weighted by Crippen LogP contribution is 2.39. The van der Waals surface area contributed by atoms with Crippen molar-refractivity contribution in [3.63, 3.8) is 0 Å². The number of hydrogen-bond donors (Lipinski definition) is 2. The van der Waals surface area contributed by atoms with E-state index in [1.165, 1.54) is 0 Å². The molecule has 14 heavy (non-hydrogen) atoms. The first-order valence-electron chi connectivity index (χ1n) is 4.84. The standard InChI is InChI=1S/C11H14ClNO/c12-9-4-2-8(3-5-9)10(14)11(13)6-1-7-11/h2-5,10,14H,1,6-7,13H2. The van der Waals surface area contributed by atoms with Crippen LogP contribution in [0, 0.1) is 0 Å². The molecule has 2 rings (SSSR count). The smallest absolute Gasteiger partial charge is 0.0969 e. The molecular formula is C11H14ClNO. The number of aliphatic hydroxyl groups excluding tert-OH is 1. The van der Waals surface area contributed by atoms with Crippen LogP contribution in [0.5, 0.6) is 0 Å². The van der Waals surface area contributed by atoms with Crippen LogP contribution in [0.2, 0.25) is 5.02 Å². The first-order chi connectivity index (χ1) is 6.62. The zero-order chi connectivity index (χ0) is 10.2. The molecule has 0 bridgehead atoms. The molecule has 1 fully saturated rings. The fourth-order valence-electron chi connectivity index (χ4n) is 1.84. The molecule has 1 saturated carbocycles. The van der Waals surface area contributed by atoms with Gasteiger partial charge in [0.1, 0.15) is 0 Å². The minimum absolute atomic E-state index is 0.409. The minimum Gasteiger partial charge on any atom is -0.386 e. The maximum atomic E-state index is 10.0. The summed E-state index contributed by atoms with van der Waals surface area (Å²) in [5.74, 6) is 0. The van der Waals surface area contributed by atoms with Gasteiger partial charge in [-0.3, -0.25) is 0 Å². The van der Waals surface area contributed by atoms with Crippen molar-refractivity contribution in [1.29, 1.82) is 0 Å². The Hall–Kier alpha value is -0.570. The third-order valence-electron chi connectivity index (χ3n) is 3.01. The molecule has 0 aliphatic heterocycles. The normalized spacial score (nSPS) is 21.4. The van der Waals surface area contributed by atoms with E-state index in [9.17, 15) is 5.11 Å². The summed E-state index contributed by atoms with van der Waals surface area (Å²) in [5.41, 5.74) is 6.48. The molecule has 1 aromatic rings. The Bertz CT molecular complexity index is 319. The van der Waals surface area contributed by atoms with Crippen molar-refractivity contribution >= 4 is 11.6 Å². The van der Waals surface area contributed by atoms with Crippen molar-refractivity contribution in [2.45, 2.75) is 30.9 Å². The van der Waals surface area contributed by atoms with Gasteiger partial charge in [0, 0.05) is 10.6 Å². The van der Waals surface area contributed by atoms with Crippen molar-refractivity contribution in [2.24, 2.45) is 5.73 Å². The fraction of sp³-hybridized carbons (Fsp3) is 0.455. The van der Waals surface area contributed by atoms with Gasteiger partial charge in [-0.15, -0.1) is 0 Å². The SMILES string of the molecule is NC1(C(O)c2ccc(Cl)cc2)CCC1. The monoisotopic (exact) mass is 211 g/mol. The minimum atomic E-state index is -0.562. The largest absolute Gasteiger partial charge is 0.386 e. The number of halogens is 1. The molecule has 2 nitrogen and oxygen atoms in total. The zero-order valence-electron chi connectivity index (χ0n) is 7.91. The number of nitrogens with two attached hydrogens (primary N) is 1. The summed E-state index contributed by atoms with van der Waals surface area (Å²) in [6, 6.07) is 7.23. The zero-order valence-corrected chi connectivity index (χ0v) is 8.67. The second-order valence-electron chi connectivity index (χ2n) is 4.04. The van der Waals surface area contributed by atoms with Crippen molar-refractivity contribution in [3.8, 4) is 0 Å². The van der Waals surface area contributed by atoms with Crippen LogP contribution < -0.4 is 5.73 Å². The van der Waals surface area contributed by atoms with Crippen LogP contribution in [0.15, 0.2) is 24.3 Å². The molecule has 0 amide bonds. The summed E-state index contributed by atoms with van der Waals surface area (Å²) in [4.78, 5) is 0. The van der Waals surface area contributed by atoms with Gasteiger partial charge in [0.15, 0.2) is 0 Å². The van der Waals surface area contributed by atoms with E-state index in [0.29, 0.717) is 5.02 Å². The molecular weight excluding hydrogens is 198 g/mol. The lowest BCUT2D eigenvalue weighted by Gasteiger charge is -2.42. The van der Waals surface area contributed by atoms with Gasteiger partial charge in [-0.25, -0.2) is 0 Å². The molecule has 3 heteroatoms. The average molecular weight is 212 g/mol. The lowest BCUT2D eigenvalue weighted by atomic mass is 9.72. The maximum Gasteiger partial charge on any atom is 0.0969 e. The van der Waals surface area contributed by atoms with E-state index >= 15 is 0 Å². The first kappa shape index (κ1) is 9.97. The highest BCUT2D eigenvalue weighted by atomic mass is 35.5. The van der Waals surface area contributed by atoms with E-state index in [1.54, 1.807) is 12.1 Å². The Morgan fingerprint density at radius 1 is 1.29 bits per heavy atom. The third-order valence-corrected chi connectivity index (χ3v) is 3.27. The van der Waals surface area contributed by atoms with Gasteiger partial charge in [-0.05, 0) is 37.0 Å². The van der Waals surface area contributed by atoms with E-state index in [0.717, 1.165) is 24.8 Å².